The number of hydrogen-bond acceptors (Lipinski definition) is 3. The minimum absolute atomic E-state index is 0.106. The van der Waals surface area contributed by atoms with Gasteiger partial charge in [0.2, 0.25) is 0 Å². The Labute approximate surface area is 133 Å². The van der Waals surface area contributed by atoms with Crippen molar-refractivity contribution in [2.45, 2.75) is 6.54 Å². The maximum absolute atomic E-state index is 12.5. The van der Waals surface area contributed by atoms with Crippen LogP contribution in [0, 0.1) is 0 Å². The zero-order chi connectivity index (χ0) is 16.1. The third kappa shape index (κ3) is 3.35. The molecule has 0 radical (unpaired) electrons. The van der Waals surface area contributed by atoms with E-state index in [4.69, 9.17) is 0 Å². The number of aromatic nitrogens is 2. The molecule has 0 atom stereocenters. The minimum Gasteiger partial charge on any atom is -0.346 e. The summed E-state index contributed by atoms with van der Waals surface area (Å²) in [5.41, 5.74) is 1.85. The molecule has 0 saturated carbocycles. The van der Waals surface area contributed by atoms with Crippen molar-refractivity contribution in [1.82, 2.24) is 15.3 Å². The lowest BCUT2D eigenvalue weighted by Crippen LogP contribution is -2.30. The van der Waals surface area contributed by atoms with Crippen LogP contribution in [0.15, 0.2) is 71.8 Å². The van der Waals surface area contributed by atoms with Gasteiger partial charge in [0.15, 0.2) is 0 Å². The van der Waals surface area contributed by atoms with Crippen LogP contribution in [-0.2, 0) is 6.54 Å². The number of hydrogen-bond donors (Lipinski definition) is 2. The topological polar surface area (TPSA) is 74.8 Å². The summed E-state index contributed by atoms with van der Waals surface area (Å²) in [7, 11) is 0. The van der Waals surface area contributed by atoms with Gasteiger partial charge in [-0.05, 0) is 23.8 Å². The first-order valence-electron chi connectivity index (χ1n) is 7.21. The first kappa shape index (κ1) is 14.7. The maximum atomic E-state index is 12.5. The van der Waals surface area contributed by atoms with Gasteiger partial charge in [0.05, 0.1) is 12.2 Å². The standard InChI is InChI=1S/C18H15N3O2/c22-17-16(18(23)21-12-14-8-4-5-10-19-14)15(9-11-20-17)13-6-2-1-3-7-13/h1-11H,12H2,(H,20,22)(H,21,23). The Balaban J connectivity index is 1.90. The number of carbonyl (C=O) groups is 1. The zero-order valence-corrected chi connectivity index (χ0v) is 12.3. The predicted octanol–water partition coefficient (Wildman–Crippen LogP) is 2.37. The van der Waals surface area contributed by atoms with Gasteiger partial charge < -0.3 is 10.3 Å². The summed E-state index contributed by atoms with van der Waals surface area (Å²) in [6.45, 7) is 0.266. The molecule has 5 nitrogen and oxygen atoms in total. The second kappa shape index (κ2) is 6.70. The van der Waals surface area contributed by atoms with E-state index in [2.05, 4.69) is 15.3 Å². The van der Waals surface area contributed by atoms with Gasteiger partial charge in [0.1, 0.15) is 5.56 Å². The lowest BCUT2D eigenvalue weighted by molar-refractivity contribution is 0.0949. The molecule has 2 heterocycles. The molecule has 0 spiro atoms. The van der Waals surface area contributed by atoms with Gasteiger partial charge in [-0.15, -0.1) is 0 Å². The van der Waals surface area contributed by atoms with Crippen LogP contribution in [-0.4, -0.2) is 15.9 Å². The van der Waals surface area contributed by atoms with E-state index in [-0.39, 0.29) is 12.1 Å². The van der Waals surface area contributed by atoms with E-state index in [0.29, 0.717) is 5.56 Å². The number of nitrogens with one attached hydrogen (secondary N) is 2. The number of carbonyl (C=O) groups excluding carboxylic acids is 1. The number of nitrogens with zero attached hydrogens (tertiary/aromatic N) is 1. The van der Waals surface area contributed by atoms with Crippen molar-refractivity contribution in [3.8, 4) is 11.1 Å². The van der Waals surface area contributed by atoms with Crippen molar-refractivity contribution in [2.75, 3.05) is 0 Å². The van der Waals surface area contributed by atoms with Gasteiger partial charge in [-0.25, -0.2) is 0 Å². The van der Waals surface area contributed by atoms with E-state index in [1.54, 1.807) is 24.5 Å². The minimum atomic E-state index is -0.420. The Morgan fingerprint density at radius 1 is 1.04 bits per heavy atom. The number of amides is 1. The van der Waals surface area contributed by atoms with Crippen molar-refractivity contribution in [1.29, 1.82) is 0 Å². The van der Waals surface area contributed by atoms with Crippen LogP contribution in [0.3, 0.4) is 0 Å². The lowest BCUT2D eigenvalue weighted by atomic mass is 10.0. The molecule has 0 aliphatic carbocycles. The van der Waals surface area contributed by atoms with Crippen LogP contribution in [0.5, 0.6) is 0 Å². The molecule has 0 aliphatic heterocycles. The van der Waals surface area contributed by atoms with Gasteiger partial charge in [-0.2, -0.15) is 0 Å². The highest BCUT2D eigenvalue weighted by Crippen LogP contribution is 2.20. The average Bonchev–Trinajstić information content (AvgIpc) is 2.61. The fourth-order valence-electron chi connectivity index (χ4n) is 2.32. The van der Waals surface area contributed by atoms with E-state index in [0.717, 1.165) is 11.3 Å². The van der Waals surface area contributed by atoms with E-state index in [1.807, 2.05) is 42.5 Å². The van der Waals surface area contributed by atoms with Crippen molar-refractivity contribution in [3.63, 3.8) is 0 Å². The Hall–Kier alpha value is -3.21. The van der Waals surface area contributed by atoms with E-state index >= 15 is 0 Å². The second-order valence-electron chi connectivity index (χ2n) is 4.97. The Morgan fingerprint density at radius 3 is 2.57 bits per heavy atom. The van der Waals surface area contributed by atoms with E-state index in [9.17, 15) is 9.59 Å². The monoisotopic (exact) mass is 305 g/mol. The van der Waals surface area contributed by atoms with Gasteiger partial charge in [0.25, 0.3) is 11.5 Å². The molecule has 2 aromatic heterocycles. The molecule has 2 N–H and O–H groups in total. The fraction of sp³-hybridized carbons (Fsp3) is 0.0556. The fourth-order valence-corrected chi connectivity index (χ4v) is 2.32. The quantitative estimate of drug-likeness (QED) is 0.777. The first-order valence-corrected chi connectivity index (χ1v) is 7.21. The van der Waals surface area contributed by atoms with Gasteiger partial charge in [-0.3, -0.25) is 14.6 Å². The normalized spacial score (nSPS) is 10.3. The molecule has 114 valence electrons. The van der Waals surface area contributed by atoms with Crippen LogP contribution in [0.4, 0.5) is 0 Å². The smallest absolute Gasteiger partial charge is 0.261 e. The van der Waals surface area contributed by atoms with Crippen LogP contribution in [0.1, 0.15) is 16.1 Å². The molecule has 0 saturated heterocycles. The summed E-state index contributed by atoms with van der Waals surface area (Å²) in [6.07, 6.45) is 3.20. The van der Waals surface area contributed by atoms with Crippen LogP contribution < -0.4 is 10.9 Å². The molecule has 23 heavy (non-hydrogen) atoms. The number of benzene rings is 1. The highest BCUT2D eigenvalue weighted by molar-refractivity contribution is 6.00. The summed E-state index contributed by atoms with van der Waals surface area (Å²) in [5, 5.41) is 2.74. The van der Waals surface area contributed by atoms with Gasteiger partial charge in [-0.1, -0.05) is 36.4 Å². The van der Waals surface area contributed by atoms with Crippen LogP contribution in [0.2, 0.25) is 0 Å². The van der Waals surface area contributed by atoms with Crippen molar-refractivity contribution >= 4 is 5.91 Å². The summed E-state index contributed by atoms with van der Waals surface area (Å²) in [5.74, 6) is -0.420. The molecule has 0 fully saturated rings. The highest BCUT2D eigenvalue weighted by atomic mass is 16.2. The molecule has 0 aliphatic rings. The number of H-pyrrole nitrogens is 1. The Morgan fingerprint density at radius 2 is 1.83 bits per heavy atom. The summed E-state index contributed by atoms with van der Waals surface area (Å²) in [4.78, 5) is 31.3. The van der Waals surface area contributed by atoms with Gasteiger partial charge in [0, 0.05) is 18.0 Å². The van der Waals surface area contributed by atoms with Crippen LogP contribution in [0.25, 0.3) is 11.1 Å². The van der Waals surface area contributed by atoms with Gasteiger partial charge >= 0.3 is 0 Å². The molecule has 5 heteroatoms. The third-order valence-corrected chi connectivity index (χ3v) is 3.43. The molecule has 0 bridgehead atoms. The molecule has 3 rings (SSSR count). The van der Waals surface area contributed by atoms with Crippen molar-refractivity contribution in [3.05, 3.63) is 88.6 Å². The molecule has 1 aromatic carbocycles. The molecular formula is C18H15N3O2. The highest BCUT2D eigenvalue weighted by Gasteiger charge is 2.16. The maximum Gasteiger partial charge on any atom is 0.261 e. The number of pyridine rings is 2. The summed E-state index contributed by atoms with van der Waals surface area (Å²) < 4.78 is 0. The molecule has 0 unspecified atom stereocenters. The summed E-state index contributed by atoms with van der Waals surface area (Å²) in [6, 6.07) is 16.5. The van der Waals surface area contributed by atoms with Crippen molar-refractivity contribution < 1.29 is 4.79 Å². The average molecular weight is 305 g/mol. The largest absolute Gasteiger partial charge is 0.346 e. The number of rotatable bonds is 4. The third-order valence-electron chi connectivity index (χ3n) is 3.43. The molecule has 3 aromatic rings. The SMILES string of the molecule is O=C(NCc1ccccn1)c1c(-c2ccccc2)cc[nH]c1=O. The first-order chi connectivity index (χ1) is 11.3. The number of aromatic amines is 1. The van der Waals surface area contributed by atoms with Crippen LogP contribution >= 0.6 is 0 Å². The molecular weight excluding hydrogens is 290 g/mol. The Kier molecular flexibility index (Phi) is 4.29. The Bertz CT molecular complexity index is 858. The second-order valence-corrected chi connectivity index (χ2v) is 4.97. The van der Waals surface area contributed by atoms with Crippen molar-refractivity contribution in [2.24, 2.45) is 0 Å². The van der Waals surface area contributed by atoms with E-state index < -0.39 is 11.5 Å². The lowest BCUT2D eigenvalue weighted by Gasteiger charge is -2.09. The van der Waals surface area contributed by atoms with E-state index in [1.165, 1.54) is 0 Å². The summed E-state index contributed by atoms with van der Waals surface area (Å²) >= 11 is 0. The predicted molar refractivity (Wildman–Crippen MR) is 87.9 cm³/mol. The molecule has 1 amide bonds. The zero-order valence-electron chi connectivity index (χ0n) is 12.3.